The first-order chi connectivity index (χ1) is 25.3. The second-order valence-corrected chi connectivity index (χ2v) is 19.5. The molecule has 2 aromatic heterocycles. The Morgan fingerprint density at radius 3 is 1.65 bits per heavy atom. The molecule has 9 aliphatic rings. The summed E-state index contributed by atoms with van der Waals surface area (Å²) in [5, 5.41) is 3.40. The third-order valence-corrected chi connectivity index (χ3v) is 17.2. The summed E-state index contributed by atoms with van der Waals surface area (Å²) in [6.07, 6.45) is 13.3. The third kappa shape index (κ3) is 4.90. The molecule has 1 unspecified atom stereocenters. The van der Waals surface area contributed by atoms with Crippen LogP contribution in [0.2, 0.25) is 10.0 Å². The maximum absolute atomic E-state index is 6.58. The van der Waals surface area contributed by atoms with E-state index in [4.69, 9.17) is 51.9 Å². The lowest BCUT2D eigenvalue weighted by Crippen LogP contribution is -2.76. The van der Waals surface area contributed by atoms with Crippen LogP contribution in [-0.2, 0) is 25.0 Å². The van der Waals surface area contributed by atoms with Gasteiger partial charge in [-0.05, 0) is 154 Å². The number of fused-ring (bicyclic) bond motifs is 2. The molecule has 0 radical (unpaired) electrons. The van der Waals surface area contributed by atoms with Gasteiger partial charge in [-0.2, -0.15) is 4.89 Å². The highest BCUT2D eigenvalue weighted by Gasteiger charge is 2.77. The number of ether oxygens (including phenoxy) is 4. The quantitative estimate of drug-likeness (QED) is 0.143. The van der Waals surface area contributed by atoms with Crippen LogP contribution in [0.15, 0.2) is 42.0 Å². The fourth-order valence-corrected chi connectivity index (χ4v) is 15.5. The van der Waals surface area contributed by atoms with Crippen LogP contribution < -0.4 is 9.47 Å². The van der Waals surface area contributed by atoms with Crippen molar-refractivity contribution >= 4 is 71.8 Å². The topological polar surface area (TPSA) is 55.4 Å². The molecule has 0 amide bonds. The Labute approximate surface area is 323 Å². The van der Waals surface area contributed by atoms with Crippen molar-refractivity contribution in [1.82, 2.24) is 0 Å². The van der Waals surface area contributed by atoms with Gasteiger partial charge in [0.25, 0.3) is 5.79 Å². The van der Waals surface area contributed by atoms with Gasteiger partial charge in [0.2, 0.25) is 0 Å². The number of methoxy groups -OCH3 is 4. The fraction of sp³-hybridized carbons (Fsp3) is 0.571. The van der Waals surface area contributed by atoms with Crippen molar-refractivity contribution in [3.63, 3.8) is 0 Å². The van der Waals surface area contributed by atoms with E-state index in [9.17, 15) is 0 Å². The molecule has 3 heterocycles. The number of allylic oxidation sites excluding steroid dienone is 1. The summed E-state index contributed by atoms with van der Waals surface area (Å²) in [6.45, 7) is 0. The van der Waals surface area contributed by atoms with Crippen molar-refractivity contribution in [2.24, 2.45) is 47.3 Å². The van der Waals surface area contributed by atoms with Crippen molar-refractivity contribution < 1.29 is 28.7 Å². The van der Waals surface area contributed by atoms with Crippen LogP contribution in [0.3, 0.4) is 0 Å². The summed E-state index contributed by atoms with van der Waals surface area (Å²) in [4.78, 5) is 14.2. The van der Waals surface area contributed by atoms with E-state index >= 15 is 0 Å². The summed E-state index contributed by atoms with van der Waals surface area (Å²) in [7, 11) is 6.89. The van der Waals surface area contributed by atoms with Gasteiger partial charge < -0.3 is 18.9 Å². The molecule has 9 fully saturated rings. The second kappa shape index (κ2) is 12.8. The van der Waals surface area contributed by atoms with Crippen molar-refractivity contribution in [2.45, 2.75) is 75.6 Å². The summed E-state index contributed by atoms with van der Waals surface area (Å²) in [5.41, 5.74) is 1.25. The van der Waals surface area contributed by atoms with Crippen LogP contribution >= 0.6 is 45.9 Å². The summed E-state index contributed by atoms with van der Waals surface area (Å²) >= 11 is 16.6. The number of thiophene rings is 2. The summed E-state index contributed by atoms with van der Waals surface area (Å²) < 4.78 is 25.2. The summed E-state index contributed by atoms with van der Waals surface area (Å²) in [6, 6.07) is 12.3. The van der Waals surface area contributed by atoms with Crippen LogP contribution in [0.4, 0.5) is 0 Å². The number of hydrogen-bond donors (Lipinski definition) is 0. The molecular formula is C42H46Cl2O6S2. The Morgan fingerprint density at radius 1 is 0.654 bits per heavy atom. The van der Waals surface area contributed by atoms with Crippen LogP contribution in [0.25, 0.3) is 25.9 Å². The van der Waals surface area contributed by atoms with E-state index in [1.54, 1.807) is 49.6 Å². The molecule has 8 saturated carbocycles. The standard InChI is InChI=1S/C21H23ClO4S.C21H23ClO2S/c1-23-16-3-4-17-15(19(16)22)10-18(27-17)21(24-2)20(25-26-21)13-6-11-5-12(8-13)9-14(20)7-11;1-23-16-3-4-17-15(20(16)22)10-18(25-17)21(24-2)19-13-6-11-5-12(8-13)9-14(19)7-11/h3-4,10-14H,5-9H2,1-2H3;3-4,10-14H,5-9H2,1-2H3. The maximum atomic E-state index is 6.58. The molecular weight excluding hydrogens is 735 g/mol. The van der Waals surface area contributed by atoms with Crippen molar-refractivity contribution in [1.29, 1.82) is 0 Å². The monoisotopic (exact) mass is 780 g/mol. The first kappa shape index (κ1) is 34.5. The molecule has 276 valence electrons. The number of halogens is 2. The van der Waals surface area contributed by atoms with Crippen LogP contribution in [-0.4, -0.2) is 34.0 Å². The molecule has 6 nitrogen and oxygen atoms in total. The van der Waals surface area contributed by atoms with Crippen LogP contribution in [0, 0.1) is 47.3 Å². The lowest BCUT2D eigenvalue weighted by molar-refractivity contribution is -0.644. The van der Waals surface area contributed by atoms with Gasteiger partial charge in [-0.25, -0.2) is 4.89 Å². The van der Waals surface area contributed by atoms with Gasteiger partial charge in [0.15, 0.2) is 5.60 Å². The van der Waals surface area contributed by atoms with Crippen molar-refractivity contribution in [2.75, 3.05) is 28.4 Å². The zero-order valence-electron chi connectivity index (χ0n) is 30.2. The van der Waals surface area contributed by atoms with Crippen LogP contribution in [0.5, 0.6) is 11.5 Å². The molecule has 0 N–H and O–H groups in total. The minimum absolute atomic E-state index is 0.355. The van der Waals surface area contributed by atoms with Crippen LogP contribution in [0.1, 0.15) is 74.0 Å². The lowest BCUT2D eigenvalue weighted by atomic mass is 9.47. The van der Waals surface area contributed by atoms with Crippen molar-refractivity contribution in [3.8, 4) is 11.5 Å². The zero-order chi connectivity index (χ0) is 35.5. The fourth-order valence-electron chi connectivity index (χ4n) is 12.4. The molecule has 2 aromatic carbocycles. The van der Waals surface area contributed by atoms with E-state index in [-0.39, 0.29) is 5.60 Å². The van der Waals surface area contributed by atoms with E-state index in [2.05, 4.69) is 24.3 Å². The predicted octanol–water partition coefficient (Wildman–Crippen LogP) is 11.9. The maximum Gasteiger partial charge on any atom is 0.269 e. The Bertz CT molecular complexity index is 2020. The predicted molar refractivity (Wildman–Crippen MR) is 208 cm³/mol. The molecule has 1 spiro atoms. The molecule has 1 saturated heterocycles. The van der Waals surface area contributed by atoms with E-state index in [1.807, 2.05) is 19.2 Å². The first-order valence-electron chi connectivity index (χ1n) is 19.0. The minimum atomic E-state index is -0.824. The van der Waals surface area contributed by atoms with Gasteiger partial charge in [0.05, 0.1) is 41.1 Å². The highest BCUT2D eigenvalue weighted by atomic mass is 35.5. The largest absolute Gasteiger partial charge is 0.495 e. The Morgan fingerprint density at radius 2 is 1.17 bits per heavy atom. The van der Waals surface area contributed by atoms with Gasteiger partial charge in [0, 0.05) is 27.3 Å². The minimum Gasteiger partial charge on any atom is -0.495 e. The molecule has 52 heavy (non-hydrogen) atoms. The molecule has 13 rings (SSSR count). The smallest absolute Gasteiger partial charge is 0.269 e. The highest BCUT2D eigenvalue weighted by Crippen LogP contribution is 2.70. The van der Waals surface area contributed by atoms with Gasteiger partial charge in [-0.15, -0.1) is 22.7 Å². The normalized spacial score (nSPS) is 36.3. The van der Waals surface area contributed by atoms with Gasteiger partial charge >= 0.3 is 0 Å². The first-order valence-corrected chi connectivity index (χ1v) is 21.4. The lowest BCUT2D eigenvalue weighted by Gasteiger charge is -2.68. The van der Waals surface area contributed by atoms with E-state index in [1.165, 1.54) is 73.8 Å². The SMILES string of the molecule is COC(=C1C2CC3CC(C2)CC1C3)c1cc2c(Cl)c(OC)ccc2s1.COc1ccc2sc(C3(OC)OOC34C3CC5CC(C3)CC4C5)cc2c1Cl. The number of rotatable bonds is 6. The van der Waals surface area contributed by atoms with Crippen molar-refractivity contribution in [3.05, 3.63) is 61.8 Å². The Kier molecular flexibility index (Phi) is 8.45. The van der Waals surface area contributed by atoms with Gasteiger partial charge in [-0.1, -0.05) is 23.2 Å². The summed E-state index contributed by atoms with van der Waals surface area (Å²) in [5.74, 6) is 7.88. The average Bonchev–Trinajstić information content (AvgIpc) is 3.76. The number of hydrogen-bond acceptors (Lipinski definition) is 8. The second-order valence-electron chi connectivity index (χ2n) is 16.6. The van der Waals surface area contributed by atoms with Gasteiger partial charge in [0.1, 0.15) is 17.3 Å². The van der Waals surface area contributed by atoms with Gasteiger partial charge in [-0.3, -0.25) is 0 Å². The Hall–Kier alpha value is -2.04. The molecule has 4 aromatic rings. The van der Waals surface area contributed by atoms with E-state index < -0.39 is 5.79 Å². The highest BCUT2D eigenvalue weighted by molar-refractivity contribution is 7.20. The number of benzene rings is 2. The zero-order valence-corrected chi connectivity index (χ0v) is 33.3. The average molecular weight is 782 g/mol. The molecule has 8 bridgehead atoms. The molecule has 10 heteroatoms. The van der Waals surface area contributed by atoms with E-state index in [0.29, 0.717) is 27.6 Å². The molecule has 1 atom stereocenters. The molecule has 8 aliphatic carbocycles. The third-order valence-electron chi connectivity index (χ3n) is 14.1. The van der Waals surface area contributed by atoms with E-state index in [0.717, 1.165) is 67.4 Å². The molecule has 1 aliphatic heterocycles. The Balaban J connectivity index is 0.000000131.